The maximum absolute atomic E-state index is 8.90. The van der Waals surface area contributed by atoms with E-state index < -0.39 is 0 Å². The molecule has 0 fully saturated rings. The molecule has 0 aliphatic heterocycles. The molecule has 0 unspecified atom stereocenters. The normalized spacial score (nSPS) is 10.7. The van der Waals surface area contributed by atoms with Gasteiger partial charge in [0.2, 0.25) is 0 Å². The van der Waals surface area contributed by atoms with Crippen LogP contribution in [0.5, 0.6) is 5.75 Å². The van der Waals surface area contributed by atoms with Crippen molar-refractivity contribution >= 4 is 0 Å². The first-order chi connectivity index (χ1) is 13.8. The van der Waals surface area contributed by atoms with Gasteiger partial charge in [-0.1, -0.05) is 48.6 Å². The van der Waals surface area contributed by atoms with Crippen LogP contribution in [-0.2, 0) is 0 Å². The van der Waals surface area contributed by atoms with Crippen LogP contribution in [0, 0.1) is 11.3 Å². The van der Waals surface area contributed by atoms with E-state index in [1.165, 1.54) is 0 Å². The number of hydrogen-bond acceptors (Lipinski definition) is 4. The Morgan fingerprint density at radius 1 is 0.893 bits per heavy atom. The lowest BCUT2D eigenvalue weighted by Gasteiger charge is -2.07. The molecular weight excluding hydrogens is 346 g/mol. The highest BCUT2D eigenvalue weighted by Crippen LogP contribution is 2.24. The zero-order valence-corrected chi connectivity index (χ0v) is 16.0. The summed E-state index contributed by atoms with van der Waals surface area (Å²) in [7, 11) is 0. The summed E-state index contributed by atoms with van der Waals surface area (Å²) in [6.45, 7) is 2.72. The Hall–Kier alpha value is -3.45. The summed E-state index contributed by atoms with van der Waals surface area (Å²) >= 11 is 0. The summed E-state index contributed by atoms with van der Waals surface area (Å²) in [4.78, 5) is 8.84. The van der Waals surface area contributed by atoms with E-state index in [4.69, 9.17) is 10.00 Å². The molecule has 3 aromatic rings. The Morgan fingerprint density at radius 2 is 1.50 bits per heavy atom. The van der Waals surface area contributed by atoms with Crippen molar-refractivity contribution in [2.24, 2.45) is 0 Å². The number of rotatable bonds is 8. The molecule has 0 radical (unpaired) electrons. The van der Waals surface area contributed by atoms with Crippen molar-refractivity contribution in [3.05, 3.63) is 78.6 Å². The Kier molecular flexibility index (Phi) is 6.92. The van der Waals surface area contributed by atoms with Crippen LogP contribution >= 0.6 is 0 Å². The molecule has 4 heteroatoms. The first-order valence-electron chi connectivity index (χ1n) is 9.47. The molecule has 0 aliphatic rings. The Bertz CT molecular complexity index is 937. The monoisotopic (exact) mass is 369 g/mol. The third-order valence-electron chi connectivity index (χ3n) is 4.39. The number of benzene rings is 2. The summed E-state index contributed by atoms with van der Waals surface area (Å²) in [5.74, 6) is 1.37. The first kappa shape index (κ1) is 19.3. The van der Waals surface area contributed by atoms with Gasteiger partial charge < -0.3 is 4.74 Å². The van der Waals surface area contributed by atoms with Crippen LogP contribution < -0.4 is 4.74 Å². The van der Waals surface area contributed by atoms with Gasteiger partial charge in [0, 0.05) is 5.56 Å². The Balaban J connectivity index is 1.58. The fourth-order valence-corrected chi connectivity index (χ4v) is 2.81. The highest BCUT2D eigenvalue weighted by Gasteiger charge is 2.04. The fourth-order valence-electron chi connectivity index (χ4n) is 2.81. The van der Waals surface area contributed by atoms with Crippen LogP contribution in [0.1, 0.15) is 31.7 Å². The van der Waals surface area contributed by atoms with Gasteiger partial charge in [0.05, 0.1) is 30.6 Å². The van der Waals surface area contributed by atoms with Crippen molar-refractivity contribution in [2.75, 3.05) is 6.61 Å². The van der Waals surface area contributed by atoms with Crippen molar-refractivity contribution in [3.63, 3.8) is 0 Å². The lowest BCUT2D eigenvalue weighted by Crippen LogP contribution is -1.99. The molecule has 3 rings (SSSR count). The molecule has 0 aliphatic carbocycles. The molecule has 1 aromatic heterocycles. The van der Waals surface area contributed by atoms with E-state index in [-0.39, 0.29) is 0 Å². The quantitative estimate of drug-likeness (QED) is 0.371. The molecule has 0 atom stereocenters. The minimum absolute atomic E-state index is 0.661. The largest absolute Gasteiger partial charge is 0.490 e. The van der Waals surface area contributed by atoms with Crippen molar-refractivity contribution in [1.29, 1.82) is 5.26 Å². The summed E-state index contributed by atoms with van der Waals surface area (Å²) in [6, 6.07) is 17.8. The molecule has 4 nitrogen and oxygen atoms in total. The van der Waals surface area contributed by atoms with Crippen molar-refractivity contribution in [3.8, 4) is 34.3 Å². The standard InChI is InChI=1S/C24H23N3O/c1-2-3-4-5-6-15-28-23-17-26-24(27-18-23)22-13-11-21(12-14-22)20-9-7-19(16-25)8-10-20/h2-3,7-14,17-18H,4-6,15H2,1H3. The molecule has 0 bridgehead atoms. The highest BCUT2D eigenvalue weighted by atomic mass is 16.5. The van der Waals surface area contributed by atoms with Crippen LogP contribution in [0.3, 0.4) is 0 Å². The van der Waals surface area contributed by atoms with Crippen LogP contribution in [0.4, 0.5) is 0 Å². The van der Waals surface area contributed by atoms with Crippen LogP contribution in [-0.4, -0.2) is 16.6 Å². The molecule has 0 amide bonds. The lowest BCUT2D eigenvalue weighted by atomic mass is 10.0. The van der Waals surface area contributed by atoms with E-state index in [1.807, 2.05) is 55.5 Å². The minimum Gasteiger partial charge on any atom is -0.490 e. The van der Waals surface area contributed by atoms with Gasteiger partial charge in [-0.15, -0.1) is 0 Å². The predicted octanol–water partition coefficient (Wildman–Crippen LogP) is 5.81. The third-order valence-corrected chi connectivity index (χ3v) is 4.39. The topological polar surface area (TPSA) is 58.8 Å². The number of nitriles is 1. The van der Waals surface area contributed by atoms with Gasteiger partial charge >= 0.3 is 0 Å². The zero-order valence-electron chi connectivity index (χ0n) is 16.0. The molecule has 0 saturated carbocycles. The maximum Gasteiger partial charge on any atom is 0.159 e. The third kappa shape index (κ3) is 5.28. The van der Waals surface area contributed by atoms with Gasteiger partial charge in [-0.25, -0.2) is 9.97 Å². The number of nitrogens with zero attached hydrogens (tertiary/aromatic N) is 3. The molecule has 28 heavy (non-hydrogen) atoms. The number of aromatic nitrogens is 2. The van der Waals surface area contributed by atoms with E-state index in [2.05, 4.69) is 28.2 Å². The summed E-state index contributed by atoms with van der Waals surface area (Å²) in [5, 5.41) is 8.90. The van der Waals surface area contributed by atoms with Gasteiger partial charge in [-0.05, 0) is 49.4 Å². The van der Waals surface area contributed by atoms with E-state index >= 15 is 0 Å². The lowest BCUT2D eigenvalue weighted by molar-refractivity contribution is 0.305. The van der Waals surface area contributed by atoms with Crippen LogP contribution in [0.15, 0.2) is 73.1 Å². The molecule has 1 heterocycles. The minimum atomic E-state index is 0.661. The van der Waals surface area contributed by atoms with E-state index in [0.717, 1.165) is 36.0 Å². The molecular formula is C24H23N3O. The summed E-state index contributed by atoms with van der Waals surface area (Å²) in [6.07, 6.45) is 10.9. The molecule has 0 N–H and O–H groups in total. The van der Waals surface area contributed by atoms with Gasteiger partial charge in [0.25, 0.3) is 0 Å². The molecule has 0 spiro atoms. The number of allylic oxidation sites excluding steroid dienone is 2. The first-order valence-corrected chi connectivity index (χ1v) is 9.47. The SMILES string of the molecule is CC=CCCCCOc1cnc(-c2ccc(-c3ccc(C#N)cc3)cc2)nc1. The van der Waals surface area contributed by atoms with Crippen LogP contribution in [0.2, 0.25) is 0 Å². The second kappa shape index (κ2) is 10.0. The van der Waals surface area contributed by atoms with Gasteiger partial charge in [0.15, 0.2) is 11.6 Å². The Labute approximate surface area is 166 Å². The van der Waals surface area contributed by atoms with Gasteiger partial charge in [-0.3, -0.25) is 0 Å². The number of unbranched alkanes of at least 4 members (excludes halogenated alkanes) is 2. The van der Waals surface area contributed by atoms with E-state index in [9.17, 15) is 0 Å². The average molecular weight is 369 g/mol. The smallest absolute Gasteiger partial charge is 0.159 e. The predicted molar refractivity (Wildman–Crippen MR) is 112 cm³/mol. The molecule has 0 saturated heterocycles. The second-order valence-electron chi connectivity index (χ2n) is 6.42. The summed E-state index contributed by atoms with van der Waals surface area (Å²) < 4.78 is 5.70. The number of ether oxygens (including phenoxy) is 1. The molecule has 140 valence electrons. The average Bonchev–Trinajstić information content (AvgIpc) is 2.77. The Morgan fingerprint density at radius 3 is 2.11 bits per heavy atom. The van der Waals surface area contributed by atoms with Crippen molar-refractivity contribution in [1.82, 2.24) is 9.97 Å². The van der Waals surface area contributed by atoms with Gasteiger partial charge in [0.1, 0.15) is 0 Å². The highest BCUT2D eigenvalue weighted by molar-refractivity contribution is 5.68. The van der Waals surface area contributed by atoms with Crippen molar-refractivity contribution < 1.29 is 4.74 Å². The fraction of sp³-hybridized carbons (Fsp3) is 0.208. The van der Waals surface area contributed by atoms with Gasteiger partial charge in [-0.2, -0.15) is 5.26 Å². The zero-order chi connectivity index (χ0) is 19.6. The molecule has 2 aromatic carbocycles. The van der Waals surface area contributed by atoms with Crippen LogP contribution in [0.25, 0.3) is 22.5 Å². The van der Waals surface area contributed by atoms with E-state index in [1.54, 1.807) is 12.4 Å². The van der Waals surface area contributed by atoms with Crippen molar-refractivity contribution in [2.45, 2.75) is 26.2 Å². The maximum atomic E-state index is 8.90. The summed E-state index contributed by atoms with van der Waals surface area (Å²) in [5.41, 5.74) is 3.78. The number of hydrogen-bond donors (Lipinski definition) is 0. The van der Waals surface area contributed by atoms with E-state index in [0.29, 0.717) is 23.7 Å². The second-order valence-corrected chi connectivity index (χ2v) is 6.42.